The van der Waals surface area contributed by atoms with Gasteiger partial charge < -0.3 is 10.1 Å². The molecule has 1 aromatic heterocycles. The number of fused-ring (bicyclic) bond motifs is 3. The summed E-state index contributed by atoms with van der Waals surface area (Å²) in [7, 11) is 0. The molecule has 0 spiro atoms. The van der Waals surface area contributed by atoms with Crippen molar-refractivity contribution >= 4 is 45.4 Å². The quantitative estimate of drug-likeness (QED) is 0.399. The molecule has 3 rings (SSSR count). The summed E-state index contributed by atoms with van der Waals surface area (Å²) in [5.74, 6) is -3.22. The number of benzene rings is 2. The molecule has 0 radical (unpaired) electrons. The molecule has 0 aliphatic rings. The van der Waals surface area contributed by atoms with Gasteiger partial charge in [-0.05, 0) is 39.3 Å². The maximum atomic E-state index is 13.5. The van der Waals surface area contributed by atoms with Crippen molar-refractivity contribution in [3.05, 3.63) is 48.5 Å². The molecule has 2 atom stereocenters. The van der Waals surface area contributed by atoms with E-state index in [2.05, 4.69) is 5.32 Å². The fraction of sp³-hybridized carbons (Fsp3) is 0.429. The van der Waals surface area contributed by atoms with Crippen LogP contribution in [0, 0.1) is 5.92 Å². The number of nitrogens with one attached hydrogen (secondary N) is 1. The van der Waals surface area contributed by atoms with Gasteiger partial charge in [0.1, 0.15) is 18.3 Å². The van der Waals surface area contributed by atoms with Gasteiger partial charge in [0.05, 0.1) is 17.5 Å². The molecule has 0 unspecified atom stereocenters. The SMILES string of the molecule is CCC[C@H](CC(=O)n1c2ccccc2c2ccccc21)C(=O)N[C@@H](CC(=O)OC(C)(C)C)C(=O)CF. The average Bonchev–Trinajstić information content (AvgIpc) is 3.16. The lowest BCUT2D eigenvalue weighted by Crippen LogP contribution is -2.46. The lowest BCUT2D eigenvalue weighted by molar-refractivity contribution is -0.156. The third-order valence-electron chi connectivity index (χ3n) is 5.89. The van der Waals surface area contributed by atoms with Gasteiger partial charge in [-0.1, -0.05) is 49.7 Å². The molecule has 0 saturated heterocycles. The summed E-state index contributed by atoms with van der Waals surface area (Å²) < 4.78 is 20.0. The monoisotopic (exact) mass is 496 g/mol. The Morgan fingerprint density at radius 3 is 2.00 bits per heavy atom. The fourth-order valence-electron chi connectivity index (χ4n) is 4.35. The molecule has 1 N–H and O–H groups in total. The highest BCUT2D eigenvalue weighted by Crippen LogP contribution is 2.29. The topological polar surface area (TPSA) is 94.5 Å². The van der Waals surface area contributed by atoms with E-state index in [4.69, 9.17) is 4.74 Å². The Bertz CT molecular complexity index is 1220. The average molecular weight is 497 g/mol. The first-order valence-electron chi connectivity index (χ1n) is 12.2. The predicted molar refractivity (Wildman–Crippen MR) is 136 cm³/mol. The van der Waals surface area contributed by atoms with E-state index in [1.807, 2.05) is 55.5 Å². The van der Waals surface area contributed by atoms with Gasteiger partial charge >= 0.3 is 5.97 Å². The van der Waals surface area contributed by atoms with Crippen molar-refractivity contribution in [3.8, 4) is 0 Å². The Hall–Kier alpha value is -3.55. The van der Waals surface area contributed by atoms with Crippen LogP contribution < -0.4 is 5.32 Å². The highest BCUT2D eigenvalue weighted by atomic mass is 19.1. The molecule has 1 amide bonds. The molecule has 0 bridgehead atoms. The fourth-order valence-corrected chi connectivity index (χ4v) is 4.35. The lowest BCUT2D eigenvalue weighted by atomic mass is 9.97. The number of alkyl halides is 1. The molecule has 1 heterocycles. The van der Waals surface area contributed by atoms with Crippen LogP contribution in [0.2, 0.25) is 0 Å². The zero-order chi connectivity index (χ0) is 26.5. The minimum Gasteiger partial charge on any atom is -0.460 e. The standard InChI is InChI=1S/C28H33FN2O5/c1-5-10-18(27(35)30-21(24(32)17-29)16-26(34)36-28(2,3)4)15-25(33)31-22-13-8-6-11-19(22)20-12-7-9-14-23(20)31/h6-9,11-14,18,21H,5,10,15-17H2,1-4H3,(H,30,35)/t18-,21+/m1/s1. The van der Waals surface area contributed by atoms with Gasteiger partial charge in [0.15, 0.2) is 5.78 Å². The number of carbonyl (C=O) groups is 4. The number of para-hydroxylation sites is 2. The molecule has 3 aromatic rings. The van der Waals surface area contributed by atoms with E-state index < -0.39 is 48.3 Å². The Labute approximate surface area is 210 Å². The number of nitrogens with zero attached hydrogens (tertiary/aromatic N) is 1. The van der Waals surface area contributed by atoms with Gasteiger partial charge in [-0.2, -0.15) is 0 Å². The highest BCUT2D eigenvalue weighted by Gasteiger charge is 2.30. The molecular formula is C28H33FN2O5. The van der Waals surface area contributed by atoms with Crippen molar-refractivity contribution < 1.29 is 28.3 Å². The Balaban J connectivity index is 1.83. The second kappa shape index (κ2) is 11.5. The molecule has 0 aliphatic carbocycles. The van der Waals surface area contributed by atoms with Gasteiger partial charge in [0.25, 0.3) is 0 Å². The van der Waals surface area contributed by atoms with Crippen molar-refractivity contribution in [2.24, 2.45) is 5.92 Å². The summed E-state index contributed by atoms with van der Waals surface area (Å²) in [4.78, 5) is 51.1. The number of ketones is 1. The first kappa shape index (κ1) is 27.0. The van der Waals surface area contributed by atoms with Crippen molar-refractivity contribution in [3.63, 3.8) is 0 Å². The maximum absolute atomic E-state index is 13.5. The number of esters is 1. The summed E-state index contributed by atoms with van der Waals surface area (Å²) in [6.45, 7) is 5.58. The number of rotatable bonds is 10. The Morgan fingerprint density at radius 2 is 1.50 bits per heavy atom. The number of hydrogen-bond donors (Lipinski definition) is 1. The van der Waals surface area contributed by atoms with Crippen LogP contribution in [0.3, 0.4) is 0 Å². The third-order valence-corrected chi connectivity index (χ3v) is 5.89. The van der Waals surface area contributed by atoms with Crippen molar-refractivity contribution in [2.45, 2.75) is 65.0 Å². The minimum absolute atomic E-state index is 0.106. The lowest BCUT2D eigenvalue weighted by Gasteiger charge is -2.23. The molecule has 192 valence electrons. The molecule has 36 heavy (non-hydrogen) atoms. The largest absolute Gasteiger partial charge is 0.460 e. The molecule has 8 heteroatoms. The van der Waals surface area contributed by atoms with Crippen molar-refractivity contribution in [1.29, 1.82) is 0 Å². The number of hydrogen-bond acceptors (Lipinski definition) is 5. The van der Waals surface area contributed by atoms with E-state index in [1.54, 1.807) is 25.3 Å². The van der Waals surface area contributed by atoms with Crippen LogP contribution in [-0.2, 0) is 19.1 Å². The van der Waals surface area contributed by atoms with Crippen molar-refractivity contribution in [2.75, 3.05) is 6.67 Å². The molecular weight excluding hydrogens is 463 g/mol. The minimum atomic E-state index is -1.36. The van der Waals surface area contributed by atoms with Crippen molar-refractivity contribution in [1.82, 2.24) is 9.88 Å². The molecule has 0 saturated carbocycles. The number of ether oxygens (including phenoxy) is 1. The molecule has 2 aromatic carbocycles. The van der Waals surface area contributed by atoms with Crippen LogP contribution in [0.15, 0.2) is 48.5 Å². The number of amides is 1. The van der Waals surface area contributed by atoms with Gasteiger partial charge in [-0.15, -0.1) is 0 Å². The summed E-state index contributed by atoms with van der Waals surface area (Å²) in [6.07, 6.45) is 0.417. The van der Waals surface area contributed by atoms with Crippen LogP contribution in [0.25, 0.3) is 21.8 Å². The van der Waals surface area contributed by atoms with E-state index in [1.165, 1.54) is 0 Å². The van der Waals surface area contributed by atoms with E-state index in [9.17, 15) is 23.6 Å². The second-order valence-electron chi connectivity index (χ2n) is 9.90. The van der Waals surface area contributed by atoms with E-state index >= 15 is 0 Å². The number of Topliss-reactive ketones (excluding diaryl/α,β-unsaturated/α-hetero) is 1. The van der Waals surface area contributed by atoms with E-state index in [0.29, 0.717) is 12.8 Å². The first-order chi connectivity index (χ1) is 17.1. The zero-order valence-electron chi connectivity index (χ0n) is 21.2. The summed E-state index contributed by atoms with van der Waals surface area (Å²) >= 11 is 0. The van der Waals surface area contributed by atoms with Crippen LogP contribution in [0.5, 0.6) is 0 Å². The van der Waals surface area contributed by atoms with E-state index in [-0.39, 0.29) is 12.3 Å². The first-order valence-corrected chi connectivity index (χ1v) is 12.2. The zero-order valence-corrected chi connectivity index (χ0v) is 21.2. The van der Waals surface area contributed by atoms with E-state index in [0.717, 1.165) is 21.8 Å². The van der Waals surface area contributed by atoms with Gasteiger partial charge in [-0.3, -0.25) is 23.7 Å². The number of aromatic nitrogens is 1. The van der Waals surface area contributed by atoms with Gasteiger partial charge in [0.2, 0.25) is 11.8 Å². The highest BCUT2D eigenvalue weighted by molar-refractivity contribution is 6.13. The molecule has 7 nitrogen and oxygen atoms in total. The normalized spacial score (nSPS) is 13.4. The van der Waals surface area contributed by atoms with Crippen LogP contribution in [0.4, 0.5) is 4.39 Å². The second-order valence-corrected chi connectivity index (χ2v) is 9.90. The summed E-state index contributed by atoms with van der Waals surface area (Å²) in [5.41, 5.74) is 0.702. The van der Waals surface area contributed by atoms with Crippen LogP contribution in [-0.4, -0.2) is 46.5 Å². The summed E-state index contributed by atoms with van der Waals surface area (Å²) in [6, 6.07) is 13.8. The molecule has 0 aliphatic heterocycles. The van der Waals surface area contributed by atoms with Crippen LogP contribution in [0.1, 0.15) is 58.2 Å². The summed E-state index contributed by atoms with van der Waals surface area (Å²) in [5, 5.41) is 4.37. The smallest absolute Gasteiger partial charge is 0.308 e. The molecule has 0 fully saturated rings. The Kier molecular flexibility index (Phi) is 8.61. The maximum Gasteiger partial charge on any atom is 0.308 e. The van der Waals surface area contributed by atoms with Gasteiger partial charge in [-0.25, -0.2) is 4.39 Å². The number of carbonyl (C=O) groups excluding carboxylic acids is 4. The van der Waals surface area contributed by atoms with Gasteiger partial charge in [0, 0.05) is 23.1 Å². The number of halogens is 1. The third kappa shape index (κ3) is 6.36. The predicted octanol–water partition coefficient (Wildman–Crippen LogP) is 5.00. The van der Waals surface area contributed by atoms with Crippen LogP contribution >= 0.6 is 0 Å². The Morgan fingerprint density at radius 1 is 0.944 bits per heavy atom.